The lowest BCUT2D eigenvalue weighted by Crippen LogP contribution is -2.32. The zero-order valence-corrected chi connectivity index (χ0v) is 18.1. The van der Waals surface area contributed by atoms with Gasteiger partial charge in [-0.3, -0.25) is 4.98 Å². The fourth-order valence-electron chi connectivity index (χ4n) is 3.63. The summed E-state index contributed by atoms with van der Waals surface area (Å²) in [6.45, 7) is 0. The van der Waals surface area contributed by atoms with Crippen molar-refractivity contribution in [2.75, 3.05) is 14.2 Å². The molecule has 0 bridgehead atoms. The zero-order chi connectivity index (χ0) is 21.3. The highest BCUT2D eigenvalue weighted by atomic mass is 35.5. The molecule has 3 aromatic rings. The molecule has 1 aromatic carbocycles. The standard InChI is InChI=1S/C20H21ClN4O4S/c1-28-19-15(10-23-20(24-19)29-2)12-7-8-14-16(9-12)22-11-17(18(14)21)30(26,27)25-13-5-3-4-6-13/h7-11,13,25H,3-6H2,1-2H3. The molecule has 0 radical (unpaired) electrons. The summed E-state index contributed by atoms with van der Waals surface area (Å²) in [6.07, 6.45) is 6.63. The highest BCUT2D eigenvalue weighted by Crippen LogP contribution is 2.34. The Bertz CT molecular complexity index is 1200. The number of methoxy groups -OCH3 is 2. The van der Waals surface area contributed by atoms with E-state index in [2.05, 4.69) is 19.7 Å². The van der Waals surface area contributed by atoms with Crippen LogP contribution in [0.15, 0.2) is 35.5 Å². The van der Waals surface area contributed by atoms with Crippen molar-refractivity contribution < 1.29 is 17.9 Å². The molecule has 1 aliphatic rings. The smallest absolute Gasteiger partial charge is 0.319 e. The number of benzene rings is 1. The van der Waals surface area contributed by atoms with Gasteiger partial charge in [-0.1, -0.05) is 36.6 Å². The van der Waals surface area contributed by atoms with Crippen molar-refractivity contribution in [1.29, 1.82) is 0 Å². The van der Waals surface area contributed by atoms with Crippen LogP contribution in [0.1, 0.15) is 25.7 Å². The summed E-state index contributed by atoms with van der Waals surface area (Å²) in [5.41, 5.74) is 1.96. The number of fused-ring (bicyclic) bond motifs is 1. The molecule has 1 N–H and O–H groups in total. The van der Waals surface area contributed by atoms with Gasteiger partial charge in [0.15, 0.2) is 0 Å². The van der Waals surface area contributed by atoms with Gasteiger partial charge in [-0.05, 0) is 24.5 Å². The molecule has 0 unspecified atom stereocenters. The summed E-state index contributed by atoms with van der Waals surface area (Å²) in [7, 11) is -0.759. The van der Waals surface area contributed by atoms with Crippen LogP contribution in [0.3, 0.4) is 0 Å². The third kappa shape index (κ3) is 3.92. The van der Waals surface area contributed by atoms with E-state index >= 15 is 0 Å². The number of nitrogens with zero attached hydrogens (tertiary/aromatic N) is 3. The molecule has 1 fully saturated rings. The number of aromatic nitrogens is 3. The van der Waals surface area contributed by atoms with Gasteiger partial charge in [0.2, 0.25) is 15.9 Å². The third-order valence-corrected chi connectivity index (χ3v) is 7.21. The van der Waals surface area contributed by atoms with E-state index in [1.807, 2.05) is 0 Å². The van der Waals surface area contributed by atoms with Crippen molar-refractivity contribution in [3.8, 4) is 23.0 Å². The first-order chi connectivity index (χ1) is 14.4. The van der Waals surface area contributed by atoms with Crippen molar-refractivity contribution in [2.24, 2.45) is 0 Å². The molecule has 2 heterocycles. The van der Waals surface area contributed by atoms with Crippen LogP contribution >= 0.6 is 11.6 Å². The Morgan fingerprint density at radius 2 is 1.87 bits per heavy atom. The van der Waals surface area contributed by atoms with E-state index < -0.39 is 10.0 Å². The number of pyridine rings is 1. The number of nitrogens with one attached hydrogen (secondary N) is 1. The summed E-state index contributed by atoms with van der Waals surface area (Å²) in [5.74, 6) is 0.354. The van der Waals surface area contributed by atoms with E-state index in [1.54, 1.807) is 24.4 Å². The molecule has 30 heavy (non-hydrogen) atoms. The molecule has 10 heteroatoms. The van der Waals surface area contributed by atoms with Crippen molar-refractivity contribution in [3.63, 3.8) is 0 Å². The van der Waals surface area contributed by atoms with Crippen molar-refractivity contribution in [3.05, 3.63) is 35.6 Å². The minimum absolute atomic E-state index is 0.0123. The lowest BCUT2D eigenvalue weighted by atomic mass is 10.1. The molecule has 158 valence electrons. The van der Waals surface area contributed by atoms with Crippen LogP contribution in [0.25, 0.3) is 22.0 Å². The van der Waals surface area contributed by atoms with E-state index in [0.29, 0.717) is 22.3 Å². The Hall–Kier alpha value is -2.49. The number of halogens is 1. The average Bonchev–Trinajstić information content (AvgIpc) is 3.25. The molecule has 0 atom stereocenters. The van der Waals surface area contributed by atoms with Gasteiger partial charge in [-0.15, -0.1) is 0 Å². The minimum Gasteiger partial charge on any atom is -0.480 e. The maximum Gasteiger partial charge on any atom is 0.319 e. The summed E-state index contributed by atoms with van der Waals surface area (Å²) in [5, 5.41) is 0.693. The molecule has 1 saturated carbocycles. The van der Waals surface area contributed by atoms with Gasteiger partial charge in [-0.25, -0.2) is 18.1 Å². The zero-order valence-electron chi connectivity index (χ0n) is 16.6. The van der Waals surface area contributed by atoms with E-state index in [9.17, 15) is 8.42 Å². The van der Waals surface area contributed by atoms with Gasteiger partial charge >= 0.3 is 6.01 Å². The molecule has 0 amide bonds. The summed E-state index contributed by atoms with van der Waals surface area (Å²) in [4.78, 5) is 12.7. The van der Waals surface area contributed by atoms with Gasteiger partial charge in [0.1, 0.15) is 4.90 Å². The Morgan fingerprint density at radius 1 is 1.10 bits per heavy atom. The van der Waals surface area contributed by atoms with Crippen LogP contribution in [-0.4, -0.2) is 43.6 Å². The van der Waals surface area contributed by atoms with Crippen LogP contribution in [0.5, 0.6) is 11.9 Å². The van der Waals surface area contributed by atoms with Crippen LogP contribution in [-0.2, 0) is 10.0 Å². The number of hydrogen-bond donors (Lipinski definition) is 1. The molecular weight excluding hydrogens is 428 g/mol. The van der Waals surface area contributed by atoms with Gasteiger partial charge in [0.05, 0.1) is 30.3 Å². The van der Waals surface area contributed by atoms with Crippen molar-refractivity contribution >= 4 is 32.5 Å². The topological polar surface area (TPSA) is 103 Å². The Kier molecular flexibility index (Phi) is 5.77. The normalized spacial score (nSPS) is 14.9. The Morgan fingerprint density at radius 3 is 2.57 bits per heavy atom. The lowest BCUT2D eigenvalue weighted by molar-refractivity contribution is 0.353. The number of ether oxygens (including phenoxy) is 2. The first-order valence-electron chi connectivity index (χ1n) is 9.49. The van der Waals surface area contributed by atoms with E-state index in [-0.39, 0.29) is 22.0 Å². The predicted octanol–water partition coefficient (Wildman–Crippen LogP) is 3.58. The van der Waals surface area contributed by atoms with Crippen molar-refractivity contribution in [1.82, 2.24) is 19.7 Å². The van der Waals surface area contributed by atoms with Gasteiger partial charge < -0.3 is 9.47 Å². The van der Waals surface area contributed by atoms with Gasteiger partial charge in [0.25, 0.3) is 0 Å². The molecule has 0 aliphatic heterocycles. The van der Waals surface area contributed by atoms with Gasteiger partial charge in [-0.2, -0.15) is 4.98 Å². The molecule has 8 nitrogen and oxygen atoms in total. The second-order valence-corrected chi connectivity index (χ2v) is 9.11. The fraction of sp³-hybridized carbons (Fsp3) is 0.350. The molecule has 0 saturated heterocycles. The highest BCUT2D eigenvalue weighted by Gasteiger charge is 2.26. The van der Waals surface area contributed by atoms with E-state index in [4.69, 9.17) is 21.1 Å². The lowest BCUT2D eigenvalue weighted by Gasteiger charge is -2.14. The first kappa shape index (κ1) is 20.8. The number of sulfonamides is 1. The predicted molar refractivity (Wildman–Crippen MR) is 113 cm³/mol. The quantitative estimate of drug-likeness (QED) is 0.614. The number of rotatable bonds is 6. The SMILES string of the molecule is COc1ncc(-c2ccc3c(Cl)c(S(=O)(=O)NC4CCCC4)cnc3c2)c(OC)n1. The maximum absolute atomic E-state index is 12.8. The van der Waals surface area contributed by atoms with E-state index in [1.165, 1.54) is 20.4 Å². The Labute approximate surface area is 179 Å². The van der Waals surface area contributed by atoms with Crippen LogP contribution < -0.4 is 14.2 Å². The maximum atomic E-state index is 12.8. The van der Waals surface area contributed by atoms with Crippen molar-refractivity contribution in [2.45, 2.75) is 36.6 Å². The average molecular weight is 449 g/mol. The molecular formula is C20H21ClN4O4S. The first-order valence-corrected chi connectivity index (χ1v) is 11.3. The van der Waals surface area contributed by atoms with Gasteiger partial charge in [0, 0.05) is 23.8 Å². The summed E-state index contributed by atoms with van der Waals surface area (Å²) >= 11 is 6.48. The van der Waals surface area contributed by atoms with Crippen LogP contribution in [0.2, 0.25) is 5.02 Å². The third-order valence-electron chi connectivity index (χ3n) is 5.16. The van der Waals surface area contributed by atoms with E-state index in [0.717, 1.165) is 31.2 Å². The number of hydrogen-bond acceptors (Lipinski definition) is 7. The summed E-state index contributed by atoms with van der Waals surface area (Å²) < 4.78 is 38.7. The van der Waals surface area contributed by atoms with Crippen LogP contribution in [0, 0.1) is 0 Å². The monoisotopic (exact) mass is 448 g/mol. The highest BCUT2D eigenvalue weighted by molar-refractivity contribution is 7.89. The summed E-state index contributed by atoms with van der Waals surface area (Å²) in [6, 6.07) is 5.46. The minimum atomic E-state index is -3.74. The molecule has 1 aliphatic carbocycles. The molecule has 4 rings (SSSR count). The Balaban J connectivity index is 1.73. The van der Waals surface area contributed by atoms with Crippen LogP contribution in [0.4, 0.5) is 0 Å². The largest absolute Gasteiger partial charge is 0.480 e. The molecule has 0 spiro atoms. The second kappa shape index (κ2) is 8.33. The second-order valence-electron chi connectivity index (χ2n) is 7.05. The molecule has 2 aromatic heterocycles. The fourth-order valence-corrected chi connectivity index (χ4v) is 5.48.